The topological polar surface area (TPSA) is 42.2 Å². The third-order valence-electron chi connectivity index (χ3n) is 3.76. The molecule has 0 aliphatic heterocycles. The smallest absolute Gasteiger partial charge is 0.163 e. The highest BCUT2D eigenvalue weighted by Crippen LogP contribution is 2.25. The summed E-state index contributed by atoms with van der Waals surface area (Å²) >= 11 is 5.96. The zero-order valence-electron chi connectivity index (χ0n) is 12.7. The minimum Gasteiger partial charge on any atom is -0.377 e. The fraction of sp³-hybridized carbons (Fsp3) is 0.235. The first-order valence-corrected chi connectivity index (χ1v) is 7.59. The highest BCUT2D eigenvalue weighted by atomic mass is 35.5. The molecule has 0 amide bonds. The summed E-state index contributed by atoms with van der Waals surface area (Å²) in [6.07, 6.45) is 2.76. The van der Waals surface area contributed by atoms with E-state index in [0.29, 0.717) is 0 Å². The zero-order valence-corrected chi connectivity index (χ0v) is 13.4. The first kappa shape index (κ1) is 14.9. The second-order valence-electron chi connectivity index (χ2n) is 5.39. The number of rotatable bonds is 4. The Morgan fingerprint density at radius 1 is 1.23 bits per heavy atom. The van der Waals surface area contributed by atoms with Crippen molar-refractivity contribution in [3.05, 3.63) is 65.4 Å². The number of hydrogen-bond donors (Lipinski definition) is 1. The number of fused-ring (bicyclic) bond motifs is 1. The fourth-order valence-corrected chi connectivity index (χ4v) is 2.69. The maximum Gasteiger partial charge on any atom is 0.163 e. The van der Waals surface area contributed by atoms with Crippen LogP contribution in [0.3, 0.4) is 0 Å². The Morgan fingerprint density at radius 2 is 1.95 bits per heavy atom. The number of halogens is 1. The van der Waals surface area contributed by atoms with Gasteiger partial charge in [0, 0.05) is 11.2 Å². The summed E-state index contributed by atoms with van der Waals surface area (Å²) in [6.45, 7) is 8.03. The molecule has 1 aromatic carbocycles. The van der Waals surface area contributed by atoms with Gasteiger partial charge in [0.2, 0.25) is 0 Å². The molecule has 1 atom stereocenters. The number of nitrogens with zero attached hydrogens (tertiary/aromatic N) is 3. The largest absolute Gasteiger partial charge is 0.377 e. The van der Waals surface area contributed by atoms with E-state index < -0.39 is 0 Å². The van der Waals surface area contributed by atoms with Gasteiger partial charge < -0.3 is 5.32 Å². The Balaban J connectivity index is 1.93. The summed E-state index contributed by atoms with van der Waals surface area (Å²) in [5.41, 5.74) is 4.17. The van der Waals surface area contributed by atoms with Crippen molar-refractivity contribution in [1.82, 2.24) is 14.6 Å². The maximum absolute atomic E-state index is 5.96. The Kier molecular flexibility index (Phi) is 4.03. The number of aryl methyl sites for hydroxylation is 2. The van der Waals surface area contributed by atoms with Crippen molar-refractivity contribution in [3.63, 3.8) is 0 Å². The van der Waals surface area contributed by atoms with Crippen LogP contribution in [0.15, 0.2) is 36.5 Å². The van der Waals surface area contributed by atoms with E-state index in [1.54, 1.807) is 0 Å². The van der Waals surface area contributed by atoms with Crippen molar-refractivity contribution in [2.24, 2.45) is 0 Å². The molecule has 4 nitrogen and oxygen atoms in total. The molecule has 0 aliphatic carbocycles. The predicted octanol–water partition coefficient (Wildman–Crippen LogP) is 4.38. The second kappa shape index (κ2) is 5.97. The number of nitrogens with one attached hydrogen (secondary N) is 1. The first-order chi connectivity index (χ1) is 10.6. The van der Waals surface area contributed by atoms with Crippen LogP contribution in [0, 0.1) is 20.8 Å². The summed E-state index contributed by atoms with van der Waals surface area (Å²) in [4.78, 5) is 0. The number of pyridine rings is 1. The highest BCUT2D eigenvalue weighted by molar-refractivity contribution is 6.30. The van der Waals surface area contributed by atoms with Crippen molar-refractivity contribution < 1.29 is 0 Å². The molecule has 0 saturated heterocycles. The Labute approximate surface area is 135 Å². The van der Waals surface area contributed by atoms with Gasteiger partial charge in [-0.25, -0.2) is 0 Å². The van der Waals surface area contributed by atoms with E-state index in [9.17, 15) is 0 Å². The molecule has 22 heavy (non-hydrogen) atoms. The Hall–Kier alpha value is -2.07. The van der Waals surface area contributed by atoms with Crippen LogP contribution >= 0.6 is 11.6 Å². The van der Waals surface area contributed by atoms with Gasteiger partial charge in [0.15, 0.2) is 5.65 Å². The van der Waals surface area contributed by atoms with Crippen molar-refractivity contribution in [2.45, 2.75) is 26.3 Å². The highest BCUT2D eigenvalue weighted by Gasteiger charge is 2.11. The molecule has 0 bridgehead atoms. The lowest BCUT2D eigenvalue weighted by molar-refractivity contribution is 0.793. The van der Waals surface area contributed by atoms with Gasteiger partial charge in [-0.2, -0.15) is 0 Å². The van der Waals surface area contributed by atoms with E-state index in [1.807, 2.05) is 48.7 Å². The quantitative estimate of drug-likeness (QED) is 0.777. The maximum atomic E-state index is 5.96. The van der Waals surface area contributed by atoms with Crippen LogP contribution in [0.25, 0.3) is 5.65 Å². The molecular formula is C17H18ClN4. The summed E-state index contributed by atoms with van der Waals surface area (Å²) < 4.78 is 2.00. The summed E-state index contributed by atoms with van der Waals surface area (Å²) in [5.74, 6) is 0.874. The molecule has 5 heteroatoms. The lowest BCUT2D eigenvalue weighted by Crippen LogP contribution is -2.10. The van der Waals surface area contributed by atoms with Gasteiger partial charge in [-0.05, 0) is 49.6 Å². The summed E-state index contributed by atoms with van der Waals surface area (Å²) in [6, 6.07) is 10.1. The summed E-state index contributed by atoms with van der Waals surface area (Å²) in [5, 5.41) is 12.6. The van der Waals surface area contributed by atoms with E-state index in [1.165, 1.54) is 0 Å². The molecule has 2 aromatic heterocycles. The SMILES string of the molecule is [CH2]CC(Nc1cc(C)c2nnc(C)n2c1)c1ccc(Cl)cc1. The molecule has 1 unspecified atom stereocenters. The van der Waals surface area contributed by atoms with Crippen LogP contribution in [-0.4, -0.2) is 14.6 Å². The number of benzene rings is 1. The van der Waals surface area contributed by atoms with Crippen molar-refractivity contribution in [1.29, 1.82) is 0 Å². The predicted molar refractivity (Wildman–Crippen MR) is 90.3 cm³/mol. The average molecular weight is 314 g/mol. The minimum atomic E-state index is 0.130. The molecule has 3 rings (SSSR count). The van der Waals surface area contributed by atoms with Gasteiger partial charge in [0.25, 0.3) is 0 Å². The van der Waals surface area contributed by atoms with Gasteiger partial charge in [-0.15, -0.1) is 10.2 Å². The van der Waals surface area contributed by atoms with Gasteiger partial charge >= 0.3 is 0 Å². The van der Waals surface area contributed by atoms with Crippen molar-refractivity contribution >= 4 is 22.9 Å². The molecule has 0 saturated carbocycles. The molecule has 0 aliphatic rings. The average Bonchev–Trinajstić information content (AvgIpc) is 2.88. The van der Waals surface area contributed by atoms with E-state index >= 15 is 0 Å². The van der Waals surface area contributed by atoms with Crippen LogP contribution in [0.5, 0.6) is 0 Å². The third kappa shape index (κ3) is 2.79. The Morgan fingerprint density at radius 3 is 2.64 bits per heavy atom. The lowest BCUT2D eigenvalue weighted by atomic mass is 10.0. The molecule has 1 N–H and O–H groups in total. The van der Waals surface area contributed by atoms with Crippen molar-refractivity contribution in [3.8, 4) is 0 Å². The van der Waals surface area contributed by atoms with Crippen LogP contribution in [0.4, 0.5) is 5.69 Å². The van der Waals surface area contributed by atoms with E-state index in [2.05, 4.69) is 28.5 Å². The monoisotopic (exact) mass is 313 g/mol. The third-order valence-corrected chi connectivity index (χ3v) is 4.01. The van der Waals surface area contributed by atoms with Crippen LogP contribution in [-0.2, 0) is 0 Å². The van der Waals surface area contributed by atoms with Gasteiger partial charge in [-0.3, -0.25) is 4.40 Å². The fourth-order valence-electron chi connectivity index (χ4n) is 2.56. The molecule has 2 heterocycles. The van der Waals surface area contributed by atoms with Crippen molar-refractivity contribution in [2.75, 3.05) is 5.32 Å². The normalized spacial score (nSPS) is 12.5. The minimum absolute atomic E-state index is 0.130. The molecule has 113 valence electrons. The number of hydrogen-bond acceptors (Lipinski definition) is 3. The van der Waals surface area contributed by atoms with E-state index in [-0.39, 0.29) is 6.04 Å². The zero-order chi connectivity index (χ0) is 15.7. The summed E-state index contributed by atoms with van der Waals surface area (Å²) in [7, 11) is 0. The Bertz CT molecular complexity index is 792. The van der Waals surface area contributed by atoms with Gasteiger partial charge in [0.1, 0.15) is 5.82 Å². The molecule has 3 aromatic rings. The number of aromatic nitrogens is 3. The number of anilines is 1. The molecular weight excluding hydrogens is 296 g/mol. The lowest BCUT2D eigenvalue weighted by Gasteiger charge is -2.19. The molecule has 0 fully saturated rings. The standard InChI is InChI=1S/C17H18ClN4/c1-4-16(13-5-7-14(18)8-6-13)19-15-9-11(2)17-21-20-12(3)22(17)10-15/h5-10,16,19H,1,4H2,2-3H3. The molecule has 0 spiro atoms. The van der Waals surface area contributed by atoms with E-state index in [0.717, 1.165) is 39.7 Å². The molecule has 1 radical (unpaired) electrons. The van der Waals surface area contributed by atoms with Gasteiger partial charge in [0.05, 0.1) is 11.7 Å². The first-order valence-electron chi connectivity index (χ1n) is 7.21. The van der Waals surface area contributed by atoms with Crippen LogP contribution in [0.1, 0.15) is 29.4 Å². The van der Waals surface area contributed by atoms with Crippen LogP contribution in [0.2, 0.25) is 5.02 Å². The van der Waals surface area contributed by atoms with Gasteiger partial charge in [-0.1, -0.05) is 30.7 Å². The van der Waals surface area contributed by atoms with Crippen LogP contribution < -0.4 is 5.32 Å². The van der Waals surface area contributed by atoms with E-state index in [4.69, 9.17) is 11.6 Å². The second-order valence-corrected chi connectivity index (χ2v) is 5.83.